The Morgan fingerprint density at radius 3 is 2.37 bits per heavy atom. The molecule has 1 N–H and O–H groups in total. The van der Waals surface area contributed by atoms with Gasteiger partial charge in [0, 0.05) is 33.2 Å². The maximum Gasteiger partial charge on any atom is 0.266 e. The summed E-state index contributed by atoms with van der Waals surface area (Å²) < 4.78 is 28.7. The molecule has 1 amide bonds. The van der Waals surface area contributed by atoms with Gasteiger partial charge in [-0.25, -0.2) is 8.78 Å². The summed E-state index contributed by atoms with van der Waals surface area (Å²) in [6, 6.07) is 11.5. The second kappa shape index (κ2) is 8.70. The number of aryl methyl sites for hydroxylation is 1. The molecule has 0 bridgehead atoms. The Morgan fingerprint density at radius 2 is 1.77 bits per heavy atom. The van der Waals surface area contributed by atoms with E-state index in [0.29, 0.717) is 21.7 Å². The maximum absolute atomic E-state index is 13.8. The summed E-state index contributed by atoms with van der Waals surface area (Å²) in [4.78, 5) is 12.4. The minimum absolute atomic E-state index is 0.221. The van der Waals surface area contributed by atoms with E-state index >= 15 is 0 Å². The first-order chi connectivity index (χ1) is 14.2. The molecule has 152 valence electrons. The lowest BCUT2D eigenvalue weighted by molar-refractivity contribution is -0.112. The van der Waals surface area contributed by atoms with Crippen LogP contribution in [0.1, 0.15) is 17.0 Å². The number of rotatable bonds is 4. The first kappa shape index (κ1) is 21.6. The molecule has 8 heteroatoms. The third kappa shape index (κ3) is 4.54. The smallest absolute Gasteiger partial charge is 0.266 e. The zero-order valence-corrected chi connectivity index (χ0v) is 17.4. The second-order valence-electron chi connectivity index (χ2n) is 6.54. The highest BCUT2D eigenvalue weighted by molar-refractivity contribution is 6.34. The van der Waals surface area contributed by atoms with Gasteiger partial charge in [0.15, 0.2) is 0 Å². The Bertz CT molecular complexity index is 1210. The van der Waals surface area contributed by atoms with Crippen molar-refractivity contribution in [3.63, 3.8) is 0 Å². The van der Waals surface area contributed by atoms with Crippen LogP contribution in [0.4, 0.5) is 14.5 Å². The van der Waals surface area contributed by atoms with Gasteiger partial charge in [0.1, 0.15) is 23.3 Å². The van der Waals surface area contributed by atoms with Crippen molar-refractivity contribution in [1.82, 2.24) is 4.57 Å². The molecule has 0 aliphatic carbocycles. The molecule has 0 saturated carbocycles. The zero-order chi connectivity index (χ0) is 22.0. The van der Waals surface area contributed by atoms with E-state index in [-0.39, 0.29) is 11.3 Å². The highest BCUT2D eigenvalue weighted by Crippen LogP contribution is 2.27. The molecule has 3 aromatic rings. The number of amides is 1. The van der Waals surface area contributed by atoms with Gasteiger partial charge >= 0.3 is 0 Å². The fourth-order valence-corrected chi connectivity index (χ4v) is 3.60. The van der Waals surface area contributed by atoms with E-state index in [9.17, 15) is 18.8 Å². The van der Waals surface area contributed by atoms with Gasteiger partial charge in [0.05, 0.1) is 5.69 Å². The second-order valence-corrected chi connectivity index (χ2v) is 7.41. The van der Waals surface area contributed by atoms with Crippen LogP contribution in [0.5, 0.6) is 0 Å². The van der Waals surface area contributed by atoms with E-state index in [0.717, 1.165) is 29.2 Å². The number of nitriles is 1. The number of nitrogens with zero attached hydrogens (tertiary/aromatic N) is 2. The van der Waals surface area contributed by atoms with Gasteiger partial charge in [0.25, 0.3) is 5.91 Å². The van der Waals surface area contributed by atoms with Gasteiger partial charge in [-0.2, -0.15) is 5.26 Å². The fraction of sp³-hybridized carbons (Fsp3) is 0.0909. The SMILES string of the molecule is Cc1cc(/C=C(\C#N)C(=O)Nc2ccc(F)cc2F)c(C)n1-c1cc(Cl)cc(Cl)c1. The minimum Gasteiger partial charge on any atom is -0.319 e. The van der Waals surface area contributed by atoms with E-state index in [1.54, 1.807) is 24.3 Å². The van der Waals surface area contributed by atoms with Gasteiger partial charge in [-0.05, 0) is 61.9 Å². The molecule has 1 aromatic heterocycles. The van der Waals surface area contributed by atoms with E-state index in [4.69, 9.17) is 23.2 Å². The summed E-state index contributed by atoms with van der Waals surface area (Å²) in [5.74, 6) is -2.51. The summed E-state index contributed by atoms with van der Waals surface area (Å²) in [6.45, 7) is 3.68. The Balaban J connectivity index is 1.96. The molecule has 1 heterocycles. The Hall–Kier alpha value is -3.14. The van der Waals surface area contributed by atoms with Crippen LogP contribution < -0.4 is 5.32 Å². The van der Waals surface area contributed by atoms with Crippen molar-refractivity contribution in [2.75, 3.05) is 5.32 Å². The average molecular weight is 446 g/mol. The Labute approximate surface area is 182 Å². The van der Waals surface area contributed by atoms with Crippen LogP contribution in [0, 0.1) is 36.8 Å². The number of aromatic nitrogens is 1. The quantitative estimate of drug-likeness (QED) is 0.382. The van der Waals surface area contributed by atoms with E-state index in [2.05, 4.69) is 5.32 Å². The average Bonchev–Trinajstić information content (AvgIpc) is 2.94. The minimum atomic E-state index is -0.934. The lowest BCUT2D eigenvalue weighted by Gasteiger charge is -2.11. The van der Waals surface area contributed by atoms with E-state index in [1.807, 2.05) is 24.5 Å². The molecule has 4 nitrogen and oxygen atoms in total. The van der Waals surface area contributed by atoms with Crippen molar-refractivity contribution in [3.05, 3.63) is 86.7 Å². The highest BCUT2D eigenvalue weighted by atomic mass is 35.5. The van der Waals surface area contributed by atoms with Crippen molar-refractivity contribution in [2.45, 2.75) is 13.8 Å². The van der Waals surface area contributed by atoms with Crippen molar-refractivity contribution in [2.24, 2.45) is 0 Å². The van der Waals surface area contributed by atoms with Gasteiger partial charge < -0.3 is 9.88 Å². The van der Waals surface area contributed by atoms with Crippen LogP contribution >= 0.6 is 23.2 Å². The van der Waals surface area contributed by atoms with Crippen LogP contribution in [0.25, 0.3) is 11.8 Å². The molecule has 0 saturated heterocycles. The predicted molar refractivity (Wildman–Crippen MR) is 114 cm³/mol. The summed E-state index contributed by atoms with van der Waals surface area (Å²) in [6.07, 6.45) is 1.40. The number of halogens is 4. The molecule has 0 aliphatic rings. The molecule has 0 spiro atoms. The van der Waals surface area contributed by atoms with Gasteiger partial charge in [-0.15, -0.1) is 0 Å². The number of hydrogen-bond acceptors (Lipinski definition) is 2. The predicted octanol–water partition coefficient (Wildman–Crippen LogP) is 6.22. The van der Waals surface area contributed by atoms with Crippen LogP contribution in [-0.4, -0.2) is 10.5 Å². The van der Waals surface area contributed by atoms with Crippen molar-refractivity contribution >= 4 is 40.9 Å². The molecule has 30 heavy (non-hydrogen) atoms. The number of nitrogens with one attached hydrogen (secondary N) is 1. The van der Waals surface area contributed by atoms with Crippen molar-refractivity contribution < 1.29 is 13.6 Å². The van der Waals surface area contributed by atoms with Gasteiger partial charge in [0.2, 0.25) is 0 Å². The molecule has 0 unspecified atom stereocenters. The van der Waals surface area contributed by atoms with E-state index in [1.165, 1.54) is 6.08 Å². The Kier molecular flexibility index (Phi) is 6.25. The normalized spacial score (nSPS) is 11.3. The van der Waals surface area contributed by atoms with Crippen LogP contribution in [0.2, 0.25) is 10.0 Å². The molecule has 2 aromatic carbocycles. The first-order valence-electron chi connectivity index (χ1n) is 8.73. The first-order valence-corrected chi connectivity index (χ1v) is 9.49. The monoisotopic (exact) mass is 445 g/mol. The van der Waals surface area contributed by atoms with Crippen LogP contribution in [-0.2, 0) is 4.79 Å². The van der Waals surface area contributed by atoms with Crippen molar-refractivity contribution in [1.29, 1.82) is 5.26 Å². The van der Waals surface area contributed by atoms with E-state index < -0.39 is 17.5 Å². The third-order valence-corrected chi connectivity index (χ3v) is 4.86. The summed E-state index contributed by atoms with van der Waals surface area (Å²) in [7, 11) is 0. The lowest BCUT2D eigenvalue weighted by Crippen LogP contribution is -2.14. The Morgan fingerprint density at radius 1 is 1.10 bits per heavy atom. The highest BCUT2D eigenvalue weighted by Gasteiger charge is 2.16. The number of carbonyl (C=O) groups is 1. The topological polar surface area (TPSA) is 57.8 Å². The molecular formula is C22H15Cl2F2N3O. The van der Waals surface area contributed by atoms with Gasteiger partial charge in [-0.3, -0.25) is 4.79 Å². The van der Waals surface area contributed by atoms with Crippen LogP contribution in [0.3, 0.4) is 0 Å². The van der Waals surface area contributed by atoms with Crippen LogP contribution in [0.15, 0.2) is 48.0 Å². The fourth-order valence-electron chi connectivity index (χ4n) is 3.08. The summed E-state index contributed by atoms with van der Waals surface area (Å²) in [5.41, 5.74) is 2.48. The third-order valence-electron chi connectivity index (χ3n) is 4.42. The molecule has 0 fully saturated rings. The number of hydrogen-bond donors (Lipinski definition) is 1. The standard InChI is InChI=1S/C22H15Cl2F2N3O/c1-12-5-14(13(2)29(12)19-8-16(23)7-17(24)9-19)6-15(11-27)22(30)28-21-4-3-18(25)10-20(21)26/h3-10H,1-2H3,(H,28,30)/b15-6+. The molecule has 0 atom stereocenters. The molecular weight excluding hydrogens is 431 g/mol. The maximum atomic E-state index is 13.8. The summed E-state index contributed by atoms with van der Waals surface area (Å²) >= 11 is 12.2. The zero-order valence-electron chi connectivity index (χ0n) is 15.9. The number of anilines is 1. The largest absolute Gasteiger partial charge is 0.319 e. The summed E-state index contributed by atoms with van der Waals surface area (Å²) in [5, 5.41) is 12.7. The van der Waals surface area contributed by atoms with Crippen molar-refractivity contribution in [3.8, 4) is 11.8 Å². The molecule has 0 aliphatic heterocycles. The molecule has 0 radical (unpaired) electrons. The number of benzene rings is 2. The lowest BCUT2D eigenvalue weighted by atomic mass is 10.1. The number of carbonyl (C=O) groups excluding carboxylic acids is 1. The molecule has 3 rings (SSSR count). The van der Waals surface area contributed by atoms with Gasteiger partial charge in [-0.1, -0.05) is 23.2 Å².